The summed E-state index contributed by atoms with van der Waals surface area (Å²) in [5, 5.41) is 18.0. The third-order valence-corrected chi connectivity index (χ3v) is 5.41. The molecule has 4 rings (SSSR count). The van der Waals surface area contributed by atoms with Crippen molar-refractivity contribution in [2.45, 2.75) is 26.3 Å². The SMILES string of the molecule is Cc1cc2ccccc2n1CC(=O)NCCCc1nn(-c2ccc(F)cc2)c(N)c1C#N. The lowest BCUT2D eigenvalue weighted by Crippen LogP contribution is -2.29. The molecule has 2 aromatic carbocycles. The highest BCUT2D eigenvalue weighted by Gasteiger charge is 2.16. The lowest BCUT2D eigenvalue weighted by atomic mass is 10.1. The molecular formula is C24H23FN6O. The number of hydrogen-bond acceptors (Lipinski definition) is 4. The van der Waals surface area contributed by atoms with E-state index in [1.165, 1.54) is 16.8 Å². The molecule has 0 fully saturated rings. The molecule has 0 aliphatic rings. The van der Waals surface area contributed by atoms with Crippen LogP contribution in [-0.2, 0) is 17.8 Å². The minimum atomic E-state index is -0.362. The Labute approximate surface area is 184 Å². The molecule has 0 saturated carbocycles. The predicted octanol–water partition coefficient (Wildman–Crippen LogP) is 3.48. The van der Waals surface area contributed by atoms with E-state index in [0.717, 1.165) is 16.6 Å². The smallest absolute Gasteiger partial charge is 0.239 e. The Kier molecular flexibility index (Phi) is 5.90. The van der Waals surface area contributed by atoms with E-state index >= 15 is 0 Å². The summed E-state index contributed by atoms with van der Waals surface area (Å²) in [6.07, 6.45) is 1.08. The largest absolute Gasteiger partial charge is 0.382 e. The highest BCUT2D eigenvalue weighted by Crippen LogP contribution is 2.22. The fraction of sp³-hybridized carbons (Fsp3) is 0.208. The number of nitrogens with two attached hydrogens (primary N) is 1. The van der Waals surface area contributed by atoms with Gasteiger partial charge in [0.1, 0.15) is 29.8 Å². The molecule has 0 radical (unpaired) electrons. The number of halogens is 1. The van der Waals surface area contributed by atoms with Gasteiger partial charge in [0.15, 0.2) is 0 Å². The van der Waals surface area contributed by atoms with E-state index in [1.807, 2.05) is 35.8 Å². The molecule has 0 aliphatic heterocycles. The summed E-state index contributed by atoms with van der Waals surface area (Å²) in [4.78, 5) is 12.5. The van der Waals surface area contributed by atoms with E-state index in [4.69, 9.17) is 5.73 Å². The van der Waals surface area contributed by atoms with Gasteiger partial charge in [-0.2, -0.15) is 10.4 Å². The lowest BCUT2D eigenvalue weighted by Gasteiger charge is -2.09. The van der Waals surface area contributed by atoms with Crippen molar-refractivity contribution in [3.05, 3.63) is 77.4 Å². The van der Waals surface area contributed by atoms with E-state index in [-0.39, 0.29) is 24.1 Å². The van der Waals surface area contributed by atoms with Crippen LogP contribution in [0, 0.1) is 24.1 Å². The number of aromatic nitrogens is 3. The average molecular weight is 430 g/mol. The van der Waals surface area contributed by atoms with E-state index in [2.05, 4.69) is 22.6 Å². The number of fused-ring (bicyclic) bond motifs is 1. The van der Waals surface area contributed by atoms with Gasteiger partial charge < -0.3 is 15.6 Å². The molecule has 2 aromatic heterocycles. The summed E-state index contributed by atoms with van der Waals surface area (Å²) in [5.41, 5.74) is 9.57. The molecule has 4 aromatic rings. The van der Waals surface area contributed by atoms with Crippen LogP contribution in [0.2, 0.25) is 0 Å². The van der Waals surface area contributed by atoms with Crippen molar-refractivity contribution < 1.29 is 9.18 Å². The Morgan fingerprint density at radius 1 is 1.22 bits per heavy atom. The molecular weight excluding hydrogens is 407 g/mol. The Morgan fingerprint density at radius 2 is 1.97 bits per heavy atom. The van der Waals surface area contributed by atoms with Crippen molar-refractivity contribution in [2.75, 3.05) is 12.3 Å². The second-order valence-corrected chi connectivity index (χ2v) is 7.59. The Hall–Kier alpha value is -4.12. The third kappa shape index (κ3) is 4.18. The fourth-order valence-electron chi connectivity index (χ4n) is 3.80. The maximum atomic E-state index is 13.2. The Morgan fingerprint density at radius 3 is 2.72 bits per heavy atom. The second-order valence-electron chi connectivity index (χ2n) is 7.59. The van der Waals surface area contributed by atoms with Crippen LogP contribution in [0.1, 0.15) is 23.4 Å². The molecule has 0 spiro atoms. The van der Waals surface area contributed by atoms with Gasteiger partial charge in [-0.1, -0.05) is 18.2 Å². The number of hydrogen-bond donors (Lipinski definition) is 2. The van der Waals surface area contributed by atoms with Gasteiger partial charge in [-0.15, -0.1) is 0 Å². The highest BCUT2D eigenvalue weighted by atomic mass is 19.1. The van der Waals surface area contributed by atoms with E-state index in [0.29, 0.717) is 36.3 Å². The number of aryl methyl sites for hydroxylation is 2. The number of nitrogens with zero attached hydrogens (tertiary/aromatic N) is 4. The van der Waals surface area contributed by atoms with Gasteiger partial charge >= 0.3 is 0 Å². The lowest BCUT2D eigenvalue weighted by molar-refractivity contribution is -0.121. The first-order chi connectivity index (χ1) is 15.5. The van der Waals surface area contributed by atoms with Crippen LogP contribution in [0.25, 0.3) is 16.6 Å². The number of anilines is 1. The first-order valence-electron chi connectivity index (χ1n) is 10.3. The predicted molar refractivity (Wildman–Crippen MR) is 121 cm³/mol. The van der Waals surface area contributed by atoms with Crippen LogP contribution in [-0.4, -0.2) is 26.8 Å². The van der Waals surface area contributed by atoms with E-state index in [1.54, 1.807) is 12.1 Å². The Balaban J connectivity index is 1.37. The van der Waals surface area contributed by atoms with Crippen LogP contribution < -0.4 is 11.1 Å². The monoisotopic (exact) mass is 430 g/mol. The van der Waals surface area contributed by atoms with Crippen molar-refractivity contribution in [3.63, 3.8) is 0 Å². The van der Waals surface area contributed by atoms with E-state index in [9.17, 15) is 14.4 Å². The van der Waals surface area contributed by atoms with Crippen LogP contribution in [0.4, 0.5) is 10.2 Å². The minimum absolute atomic E-state index is 0.0775. The summed E-state index contributed by atoms with van der Waals surface area (Å²) < 4.78 is 16.6. The summed E-state index contributed by atoms with van der Waals surface area (Å²) >= 11 is 0. The fourth-order valence-corrected chi connectivity index (χ4v) is 3.80. The first kappa shape index (κ1) is 21.1. The van der Waals surface area contributed by atoms with E-state index < -0.39 is 0 Å². The van der Waals surface area contributed by atoms with Crippen LogP contribution in [0.5, 0.6) is 0 Å². The molecule has 0 saturated heterocycles. The molecule has 162 valence electrons. The number of carbonyl (C=O) groups is 1. The number of nitrogen functional groups attached to an aromatic ring is 1. The van der Waals surface area contributed by atoms with Crippen LogP contribution in [0.15, 0.2) is 54.6 Å². The van der Waals surface area contributed by atoms with Gasteiger partial charge in [-0.25, -0.2) is 9.07 Å². The Bertz CT molecular complexity index is 1310. The molecule has 0 unspecified atom stereocenters. The van der Waals surface area contributed by atoms with Gasteiger partial charge in [-0.3, -0.25) is 4.79 Å². The third-order valence-electron chi connectivity index (χ3n) is 5.41. The van der Waals surface area contributed by atoms with Gasteiger partial charge in [0.2, 0.25) is 5.91 Å². The van der Waals surface area contributed by atoms with Gasteiger partial charge in [0.25, 0.3) is 0 Å². The van der Waals surface area contributed by atoms with Crippen molar-refractivity contribution in [1.82, 2.24) is 19.7 Å². The van der Waals surface area contributed by atoms with Crippen LogP contribution >= 0.6 is 0 Å². The standard InChI is InChI=1S/C24H23FN6O/c1-16-13-17-5-2-3-7-22(17)30(16)15-23(32)28-12-4-6-21-20(14-26)24(27)31(29-21)19-10-8-18(25)9-11-19/h2-3,5,7-11,13H,4,6,12,15,27H2,1H3,(H,28,32). The molecule has 0 bridgehead atoms. The topological polar surface area (TPSA) is 102 Å². The average Bonchev–Trinajstić information content (AvgIpc) is 3.27. The molecule has 3 N–H and O–H groups in total. The van der Waals surface area contributed by atoms with Crippen molar-refractivity contribution in [3.8, 4) is 11.8 Å². The number of benzene rings is 2. The normalized spacial score (nSPS) is 10.9. The van der Waals surface area contributed by atoms with Crippen molar-refractivity contribution in [2.24, 2.45) is 0 Å². The van der Waals surface area contributed by atoms with Gasteiger partial charge in [0.05, 0.1) is 11.4 Å². The zero-order chi connectivity index (χ0) is 22.7. The molecule has 2 heterocycles. The van der Waals surface area contributed by atoms with Crippen molar-refractivity contribution >= 4 is 22.6 Å². The maximum absolute atomic E-state index is 13.2. The number of amides is 1. The summed E-state index contributed by atoms with van der Waals surface area (Å²) in [6, 6.07) is 17.9. The number of carbonyl (C=O) groups excluding carboxylic acids is 1. The molecule has 1 amide bonds. The number of para-hydroxylation sites is 1. The zero-order valence-electron chi connectivity index (χ0n) is 17.7. The van der Waals surface area contributed by atoms with Gasteiger partial charge in [-0.05, 0) is 61.5 Å². The summed E-state index contributed by atoms with van der Waals surface area (Å²) in [6.45, 7) is 2.68. The zero-order valence-corrected chi connectivity index (χ0v) is 17.7. The number of nitriles is 1. The second kappa shape index (κ2) is 8.94. The molecule has 8 heteroatoms. The van der Waals surface area contributed by atoms with Crippen LogP contribution in [0.3, 0.4) is 0 Å². The molecule has 32 heavy (non-hydrogen) atoms. The summed E-state index contributed by atoms with van der Waals surface area (Å²) in [7, 11) is 0. The minimum Gasteiger partial charge on any atom is -0.382 e. The maximum Gasteiger partial charge on any atom is 0.239 e. The quantitative estimate of drug-likeness (QED) is 0.438. The highest BCUT2D eigenvalue weighted by molar-refractivity contribution is 5.84. The van der Waals surface area contributed by atoms with Gasteiger partial charge in [0, 0.05) is 17.8 Å². The number of rotatable bonds is 7. The summed E-state index contributed by atoms with van der Waals surface area (Å²) in [5.74, 6) is -0.224. The first-order valence-corrected chi connectivity index (χ1v) is 10.3. The molecule has 0 atom stereocenters. The van der Waals surface area contributed by atoms with Crippen molar-refractivity contribution in [1.29, 1.82) is 5.26 Å². The number of nitrogens with one attached hydrogen (secondary N) is 1. The molecule has 7 nitrogen and oxygen atoms in total. The molecule has 0 aliphatic carbocycles.